The van der Waals surface area contributed by atoms with Crippen LogP contribution in [0.3, 0.4) is 0 Å². The van der Waals surface area contributed by atoms with E-state index in [-0.39, 0.29) is 11.6 Å². The molecule has 0 atom stereocenters. The van der Waals surface area contributed by atoms with Gasteiger partial charge in [0.05, 0.1) is 5.69 Å². The lowest BCUT2D eigenvalue weighted by molar-refractivity contribution is 0.625. The molecule has 0 saturated heterocycles. The summed E-state index contributed by atoms with van der Waals surface area (Å²) in [6.07, 6.45) is 1.80. The van der Waals surface area contributed by atoms with Crippen LogP contribution in [0.2, 0.25) is 0 Å². The number of benzene rings is 1. The number of halogens is 1. The van der Waals surface area contributed by atoms with Crippen molar-refractivity contribution in [3.8, 4) is 11.8 Å². The van der Waals surface area contributed by atoms with Gasteiger partial charge in [0.2, 0.25) is 0 Å². The second kappa shape index (κ2) is 4.47. The van der Waals surface area contributed by atoms with Crippen LogP contribution in [0, 0.1) is 17.1 Å². The van der Waals surface area contributed by atoms with Crippen molar-refractivity contribution in [3.63, 3.8) is 0 Å². The van der Waals surface area contributed by atoms with E-state index < -0.39 is 0 Å². The molecule has 6 heteroatoms. The Hall–Kier alpha value is -2.00. The summed E-state index contributed by atoms with van der Waals surface area (Å²) in [6, 6.07) is 7.89. The molecular weight excluding hydrogens is 239 g/mol. The van der Waals surface area contributed by atoms with Crippen LogP contribution >= 0.6 is 11.8 Å². The Kier molecular flexibility index (Phi) is 3.02. The quantitative estimate of drug-likeness (QED) is 0.827. The zero-order chi connectivity index (χ0) is 12.4. The smallest absolute Gasteiger partial charge is 0.146 e. The Morgan fingerprint density at radius 2 is 2.29 bits per heavy atom. The first kappa shape index (κ1) is 11.5. The molecule has 0 spiro atoms. The number of hydrogen-bond acceptors (Lipinski definition) is 4. The molecule has 0 amide bonds. The van der Waals surface area contributed by atoms with Crippen LogP contribution < -0.4 is 5.73 Å². The minimum atomic E-state index is -0.374. The number of aromatic nitrogens is 2. The van der Waals surface area contributed by atoms with Crippen LogP contribution in [0.5, 0.6) is 0 Å². The fourth-order valence-corrected chi connectivity index (χ4v) is 1.98. The van der Waals surface area contributed by atoms with Gasteiger partial charge >= 0.3 is 0 Å². The van der Waals surface area contributed by atoms with Gasteiger partial charge in [0, 0.05) is 0 Å². The average molecular weight is 248 g/mol. The first-order valence-electron chi connectivity index (χ1n) is 4.76. The Bertz CT molecular complexity index is 600. The predicted octanol–water partition coefficient (Wildman–Crippen LogP) is 2.19. The summed E-state index contributed by atoms with van der Waals surface area (Å²) in [5.74, 6) is -0.149. The van der Waals surface area contributed by atoms with Crippen LogP contribution in [0.25, 0.3) is 5.69 Å². The first-order valence-corrected chi connectivity index (χ1v) is 5.98. The third-order valence-electron chi connectivity index (χ3n) is 2.25. The largest absolute Gasteiger partial charge is 0.382 e. The van der Waals surface area contributed by atoms with Gasteiger partial charge in [-0.15, -0.1) is 11.8 Å². The normalized spacial score (nSPS) is 10.2. The zero-order valence-electron chi connectivity index (χ0n) is 9.01. The second-order valence-corrected chi connectivity index (χ2v) is 4.07. The van der Waals surface area contributed by atoms with E-state index in [9.17, 15) is 4.39 Å². The third-order valence-corrected chi connectivity index (χ3v) is 2.92. The van der Waals surface area contributed by atoms with E-state index in [2.05, 4.69) is 5.10 Å². The van der Waals surface area contributed by atoms with Crippen LogP contribution in [0.4, 0.5) is 10.2 Å². The number of nitrogens with zero attached hydrogens (tertiary/aromatic N) is 3. The summed E-state index contributed by atoms with van der Waals surface area (Å²) in [7, 11) is 0. The van der Waals surface area contributed by atoms with Crippen molar-refractivity contribution < 1.29 is 4.39 Å². The maximum absolute atomic E-state index is 13.1. The highest BCUT2D eigenvalue weighted by molar-refractivity contribution is 7.98. The van der Waals surface area contributed by atoms with Gasteiger partial charge in [-0.05, 0) is 24.5 Å². The molecule has 0 saturated carbocycles. The van der Waals surface area contributed by atoms with Gasteiger partial charge < -0.3 is 5.73 Å². The minimum absolute atomic E-state index is 0.224. The molecule has 0 aliphatic carbocycles. The molecule has 2 rings (SSSR count). The Morgan fingerprint density at radius 3 is 2.82 bits per heavy atom. The van der Waals surface area contributed by atoms with Crippen molar-refractivity contribution in [3.05, 3.63) is 35.6 Å². The van der Waals surface area contributed by atoms with E-state index in [0.29, 0.717) is 16.3 Å². The highest BCUT2D eigenvalue weighted by Crippen LogP contribution is 2.26. The molecule has 0 fully saturated rings. The van der Waals surface area contributed by atoms with Gasteiger partial charge in [0.1, 0.15) is 28.3 Å². The lowest BCUT2D eigenvalue weighted by Gasteiger charge is -2.03. The first-order chi connectivity index (χ1) is 8.17. The van der Waals surface area contributed by atoms with Gasteiger partial charge in [-0.3, -0.25) is 0 Å². The van der Waals surface area contributed by atoms with Gasteiger partial charge in [-0.1, -0.05) is 6.07 Å². The van der Waals surface area contributed by atoms with Crippen molar-refractivity contribution in [2.75, 3.05) is 12.0 Å². The van der Waals surface area contributed by atoms with Crippen molar-refractivity contribution in [1.29, 1.82) is 5.26 Å². The molecule has 0 bridgehead atoms. The maximum atomic E-state index is 13.1. The highest BCUT2D eigenvalue weighted by Gasteiger charge is 2.15. The molecule has 1 aromatic carbocycles. The molecule has 17 heavy (non-hydrogen) atoms. The van der Waals surface area contributed by atoms with Gasteiger partial charge in [0.15, 0.2) is 0 Å². The van der Waals surface area contributed by atoms with Crippen molar-refractivity contribution in [2.45, 2.75) is 5.03 Å². The number of nitrogen functional groups attached to an aromatic ring is 1. The molecule has 86 valence electrons. The summed E-state index contributed by atoms with van der Waals surface area (Å²) in [5, 5.41) is 13.7. The minimum Gasteiger partial charge on any atom is -0.382 e. The molecule has 0 radical (unpaired) electrons. The van der Waals surface area contributed by atoms with E-state index in [1.54, 1.807) is 18.4 Å². The third kappa shape index (κ3) is 1.97. The highest BCUT2D eigenvalue weighted by atomic mass is 32.2. The summed E-state index contributed by atoms with van der Waals surface area (Å²) < 4.78 is 14.5. The predicted molar refractivity (Wildman–Crippen MR) is 64.4 cm³/mol. The van der Waals surface area contributed by atoms with Crippen LogP contribution in [0.1, 0.15) is 5.56 Å². The fraction of sp³-hybridized carbons (Fsp3) is 0.0909. The van der Waals surface area contributed by atoms with Crippen molar-refractivity contribution >= 4 is 17.6 Å². The number of hydrogen-bond donors (Lipinski definition) is 1. The fourth-order valence-electron chi connectivity index (χ4n) is 1.46. The van der Waals surface area contributed by atoms with E-state index in [1.165, 1.54) is 28.6 Å². The molecule has 2 aromatic rings. The SMILES string of the molecule is CSc1nn(-c2cccc(F)c2)c(N)c1C#N. The number of anilines is 1. The van der Waals surface area contributed by atoms with Crippen LogP contribution in [-0.4, -0.2) is 16.0 Å². The van der Waals surface area contributed by atoms with Crippen molar-refractivity contribution in [1.82, 2.24) is 9.78 Å². The number of thioether (sulfide) groups is 1. The van der Waals surface area contributed by atoms with E-state index in [1.807, 2.05) is 6.07 Å². The summed E-state index contributed by atoms with van der Waals surface area (Å²) in [6.45, 7) is 0. The van der Waals surface area contributed by atoms with E-state index in [0.717, 1.165) is 0 Å². The van der Waals surface area contributed by atoms with Gasteiger partial charge in [-0.2, -0.15) is 10.4 Å². The monoisotopic (exact) mass is 248 g/mol. The second-order valence-electron chi connectivity index (χ2n) is 3.27. The summed E-state index contributed by atoms with van der Waals surface area (Å²) in [5.41, 5.74) is 6.63. The Balaban J connectivity index is 2.61. The molecule has 0 aliphatic rings. The number of rotatable bonds is 2. The van der Waals surface area contributed by atoms with Crippen LogP contribution in [0.15, 0.2) is 29.3 Å². The van der Waals surface area contributed by atoms with Gasteiger partial charge in [-0.25, -0.2) is 9.07 Å². The lowest BCUT2D eigenvalue weighted by Crippen LogP contribution is -2.02. The molecule has 0 aliphatic heterocycles. The molecule has 1 aromatic heterocycles. The lowest BCUT2D eigenvalue weighted by atomic mass is 10.3. The maximum Gasteiger partial charge on any atom is 0.146 e. The standard InChI is InChI=1S/C11H9FN4S/c1-17-11-9(6-13)10(14)16(15-11)8-4-2-3-7(12)5-8/h2-5H,14H2,1H3. The Labute approximate surface area is 102 Å². The Morgan fingerprint density at radius 1 is 1.53 bits per heavy atom. The van der Waals surface area contributed by atoms with E-state index in [4.69, 9.17) is 11.0 Å². The molecule has 0 unspecified atom stereocenters. The summed E-state index contributed by atoms with van der Waals surface area (Å²) >= 11 is 1.33. The summed E-state index contributed by atoms with van der Waals surface area (Å²) in [4.78, 5) is 0. The van der Waals surface area contributed by atoms with Crippen molar-refractivity contribution in [2.24, 2.45) is 0 Å². The molecule has 4 nitrogen and oxygen atoms in total. The zero-order valence-corrected chi connectivity index (χ0v) is 9.83. The average Bonchev–Trinajstić information content (AvgIpc) is 2.65. The van der Waals surface area contributed by atoms with Crippen LogP contribution in [-0.2, 0) is 0 Å². The number of nitrogens with two attached hydrogens (primary N) is 1. The molecular formula is C11H9FN4S. The van der Waals surface area contributed by atoms with Gasteiger partial charge in [0.25, 0.3) is 0 Å². The molecule has 2 N–H and O–H groups in total. The topological polar surface area (TPSA) is 67.6 Å². The molecule has 1 heterocycles. The van der Waals surface area contributed by atoms with E-state index >= 15 is 0 Å². The number of nitriles is 1.